The van der Waals surface area contributed by atoms with Gasteiger partial charge in [0.15, 0.2) is 0 Å². The first-order valence-corrected chi connectivity index (χ1v) is 8.66. The van der Waals surface area contributed by atoms with E-state index >= 15 is 0 Å². The van der Waals surface area contributed by atoms with Gasteiger partial charge in [-0.1, -0.05) is 38.5 Å². The summed E-state index contributed by atoms with van der Waals surface area (Å²) in [5.41, 5.74) is 9.27. The monoisotopic (exact) mass is 305 g/mol. The Morgan fingerprint density at radius 2 is 2.14 bits per heavy atom. The fraction of sp³-hybridized carbons (Fsp3) is 0.556. The lowest BCUT2D eigenvalue weighted by molar-refractivity contribution is 0.306. The van der Waals surface area contributed by atoms with E-state index in [1.807, 2.05) is 23.9 Å². The molecule has 3 heteroatoms. The van der Waals surface area contributed by atoms with Crippen LogP contribution in [0.1, 0.15) is 56.4 Å². The second-order valence-electron chi connectivity index (χ2n) is 7.18. The highest BCUT2D eigenvalue weighted by molar-refractivity contribution is 8.03. The molecule has 2 atom stereocenters. The Hall–Kier alpha value is -0.800. The van der Waals surface area contributed by atoms with Crippen molar-refractivity contribution in [2.75, 3.05) is 0 Å². The molecule has 2 N–H and O–H groups in total. The van der Waals surface area contributed by atoms with Gasteiger partial charge in [-0.3, -0.25) is 0 Å². The molecule has 1 nitrogen and oxygen atoms in total. The summed E-state index contributed by atoms with van der Waals surface area (Å²) in [5.74, 6) is 0.337. The SMILES string of the molecule is CC1C2=C(CCC(C)(C)C2)SC1c1ccc(CN)cc1F. The van der Waals surface area contributed by atoms with Crippen molar-refractivity contribution < 1.29 is 4.39 Å². The average molecular weight is 305 g/mol. The van der Waals surface area contributed by atoms with Crippen molar-refractivity contribution in [1.29, 1.82) is 0 Å². The molecule has 0 spiro atoms. The van der Waals surface area contributed by atoms with Crippen molar-refractivity contribution in [3.63, 3.8) is 0 Å². The first-order valence-electron chi connectivity index (χ1n) is 7.78. The summed E-state index contributed by atoms with van der Waals surface area (Å²) in [6, 6.07) is 5.51. The van der Waals surface area contributed by atoms with Crippen molar-refractivity contribution in [1.82, 2.24) is 0 Å². The number of allylic oxidation sites excluding steroid dienone is 2. The largest absolute Gasteiger partial charge is 0.326 e. The van der Waals surface area contributed by atoms with Crippen molar-refractivity contribution in [3.8, 4) is 0 Å². The summed E-state index contributed by atoms with van der Waals surface area (Å²) in [4.78, 5) is 1.52. The third kappa shape index (κ3) is 2.78. The van der Waals surface area contributed by atoms with Gasteiger partial charge in [0.1, 0.15) is 5.82 Å². The van der Waals surface area contributed by atoms with Crippen LogP contribution in [-0.4, -0.2) is 0 Å². The topological polar surface area (TPSA) is 26.0 Å². The first-order chi connectivity index (χ1) is 9.91. The van der Waals surface area contributed by atoms with Gasteiger partial charge in [-0.2, -0.15) is 0 Å². The van der Waals surface area contributed by atoms with Gasteiger partial charge in [0.05, 0.1) is 0 Å². The second kappa shape index (κ2) is 5.44. The average Bonchev–Trinajstić information content (AvgIpc) is 2.74. The Balaban J connectivity index is 1.87. The maximum absolute atomic E-state index is 14.4. The number of halogens is 1. The molecule has 2 aliphatic rings. The molecular weight excluding hydrogens is 281 g/mol. The summed E-state index contributed by atoms with van der Waals surface area (Å²) in [6.45, 7) is 7.35. The summed E-state index contributed by atoms with van der Waals surface area (Å²) < 4.78 is 14.4. The molecule has 0 fully saturated rings. The first kappa shape index (κ1) is 15.1. The fourth-order valence-corrected chi connectivity index (χ4v) is 5.19. The molecule has 1 aliphatic heterocycles. The minimum absolute atomic E-state index is 0.0959. The fourth-order valence-electron chi connectivity index (χ4n) is 3.56. The Bertz CT molecular complexity index is 591. The van der Waals surface area contributed by atoms with Crippen LogP contribution in [0.25, 0.3) is 0 Å². The van der Waals surface area contributed by atoms with Crippen LogP contribution in [0.2, 0.25) is 0 Å². The van der Waals surface area contributed by atoms with E-state index in [0.29, 0.717) is 17.9 Å². The van der Waals surface area contributed by atoms with Crippen LogP contribution >= 0.6 is 11.8 Å². The van der Waals surface area contributed by atoms with E-state index < -0.39 is 0 Å². The summed E-state index contributed by atoms with van der Waals surface area (Å²) in [5, 5.41) is 0.232. The van der Waals surface area contributed by atoms with Gasteiger partial charge in [-0.05, 0) is 47.1 Å². The zero-order chi connectivity index (χ0) is 15.2. The Morgan fingerprint density at radius 1 is 1.38 bits per heavy atom. The third-order valence-electron chi connectivity index (χ3n) is 4.94. The normalized spacial score (nSPS) is 27.9. The molecule has 1 aliphatic carbocycles. The third-order valence-corrected chi connectivity index (χ3v) is 6.60. The number of thioether (sulfide) groups is 1. The van der Waals surface area contributed by atoms with Gasteiger partial charge in [0.2, 0.25) is 0 Å². The van der Waals surface area contributed by atoms with Gasteiger partial charge >= 0.3 is 0 Å². The molecule has 0 saturated carbocycles. The van der Waals surface area contributed by atoms with Crippen LogP contribution in [0.3, 0.4) is 0 Å². The zero-order valence-electron chi connectivity index (χ0n) is 13.1. The van der Waals surface area contributed by atoms with Crippen LogP contribution in [0.15, 0.2) is 28.7 Å². The predicted octanol–water partition coefficient (Wildman–Crippen LogP) is 5.17. The number of benzene rings is 1. The molecule has 0 radical (unpaired) electrons. The molecule has 1 heterocycles. The summed E-state index contributed by atoms with van der Waals surface area (Å²) >= 11 is 1.89. The minimum atomic E-state index is -0.0959. The Kier molecular flexibility index (Phi) is 3.91. The predicted molar refractivity (Wildman–Crippen MR) is 88.4 cm³/mol. The van der Waals surface area contributed by atoms with Crippen LogP contribution in [0, 0.1) is 17.2 Å². The second-order valence-corrected chi connectivity index (χ2v) is 8.41. The van der Waals surface area contributed by atoms with Crippen molar-refractivity contribution in [3.05, 3.63) is 45.6 Å². The molecule has 0 amide bonds. The molecule has 0 saturated heterocycles. The molecule has 21 heavy (non-hydrogen) atoms. The van der Waals surface area contributed by atoms with E-state index in [1.165, 1.54) is 11.3 Å². The zero-order valence-corrected chi connectivity index (χ0v) is 13.9. The van der Waals surface area contributed by atoms with Gasteiger partial charge in [0.25, 0.3) is 0 Å². The quantitative estimate of drug-likeness (QED) is 0.815. The molecule has 2 unspecified atom stereocenters. The number of hydrogen-bond acceptors (Lipinski definition) is 2. The van der Waals surface area contributed by atoms with Gasteiger partial charge in [0, 0.05) is 17.4 Å². The van der Waals surface area contributed by atoms with E-state index in [1.54, 1.807) is 11.6 Å². The lowest BCUT2D eigenvalue weighted by Gasteiger charge is -2.31. The maximum Gasteiger partial charge on any atom is 0.127 e. The Labute approximate surface area is 131 Å². The lowest BCUT2D eigenvalue weighted by atomic mass is 9.73. The summed E-state index contributed by atoms with van der Waals surface area (Å²) in [6.07, 6.45) is 3.57. The molecular formula is C18H24FNS. The van der Waals surface area contributed by atoms with E-state index in [2.05, 4.69) is 20.8 Å². The Morgan fingerprint density at radius 3 is 2.81 bits per heavy atom. The maximum atomic E-state index is 14.4. The minimum Gasteiger partial charge on any atom is -0.326 e. The number of rotatable bonds is 2. The molecule has 0 aromatic heterocycles. The highest BCUT2D eigenvalue weighted by Gasteiger charge is 2.39. The van der Waals surface area contributed by atoms with Crippen LogP contribution < -0.4 is 5.73 Å². The van der Waals surface area contributed by atoms with Crippen LogP contribution in [0.4, 0.5) is 4.39 Å². The molecule has 1 aromatic carbocycles. The van der Waals surface area contributed by atoms with E-state index in [0.717, 1.165) is 24.0 Å². The number of nitrogens with two attached hydrogens (primary N) is 1. The van der Waals surface area contributed by atoms with Gasteiger partial charge < -0.3 is 5.73 Å². The van der Waals surface area contributed by atoms with Gasteiger partial charge in [-0.15, -0.1) is 11.8 Å². The molecule has 3 rings (SSSR count). The molecule has 0 bridgehead atoms. The van der Waals surface area contributed by atoms with E-state index in [4.69, 9.17) is 5.73 Å². The lowest BCUT2D eigenvalue weighted by Crippen LogP contribution is -2.19. The van der Waals surface area contributed by atoms with Crippen molar-refractivity contribution in [2.45, 2.75) is 51.8 Å². The summed E-state index contributed by atoms with van der Waals surface area (Å²) in [7, 11) is 0. The number of hydrogen-bond donors (Lipinski definition) is 1. The van der Waals surface area contributed by atoms with Crippen LogP contribution in [0.5, 0.6) is 0 Å². The standard InChI is InChI=1S/C18H24FNS/c1-11-14-9-18(2,3)7-6-16(14)21-17(11)13-5-4-12(10-20)8-15(13)19/h4-5,8,11,17H,6-7,9-10,20H2,1-3H3. The smallest absolute Gasteiger partial charge is 0.127 e. The highest BCUT2D eigenvalue weighted by Crippen LogP contribution is 2.58. The van der Waals surface area contributed by atoms with Crippen molar-refractivity contribution in [2.24, 2.45) is 17.1 Å². The van der Waals surface area contributed by atoms with E-state index in [9.17, 15) is 4.39 Å². The van der Waals surface area contributed by atoms with Crippen LogP contribution in [-0.2, 0) is 6.54 Å². The molecule has 114 valence electrons. The highest BCUT2D eigenvalue weighted by atomic mass is 32.2. The van der Waals surface area contributed by atoms with Gasteiger partial charge in [-0.25, -0.2) is 4.39 Å². The van der Waals surface area contributed by atoms with Crippen molar-refractivity contribution >= 4 is 11.8 Å². The molecule has 1 aromatic rings. The van der Waals surface area contributed by atoms with E-state index in [-0.39, 0.29) is 11.1 Å².